The van der Waals surface area contributed by atoms with Crippen LogP contribution in [-0.2, 0) is 25.3 Å². The van der Waals surface area contributed by atoms with E-state index in [1.54, 1.807) is 10.7 Å². The van der Waals surface area contributed by atoms with Crippen LogP contribution in [0.15, 0.2) is 21.5 Å². The molecular formula is C18H22N4O2S. The Morgan fingerprint density at radius 1 is 1.32 bits per heavy atom. The van der Waals surface area contributed by atoms with Crippen LogP contribution in [0.4, 0.5) is 0 Å². The summed E-state index contributed by atoms with van der Waals surface area (Å²) in [4.78, 5) is 19.0. The van der Waals surface area contributed by atoms with E-state index in [9.17, 15) is 4.79 Å². The molecule has 0 bridgehead atoms. The van der Waals surface area contributed by atoms with Crippen molar-refractivity contribution in [1.29, 1.82) is 0 Å². The molecule has 1 aliphatic carbocycles. The minimum atomic E-state index is 0.0430. The number of fused-ring (bicyclic) bond motifs is 1. The van der Waals surface area contributed by atoms with Crippen molar-refractivity contribution in [3.8, 4) is 0 Å². The van der Waals surface area contributed by atoms with Gasteiger partial charge in [0.05, 0.1) is 25.0 Å². The molecule has 5 rings (SSSR count). The molecule has 0 amide bonds. The van der Waals surface area contributed by atoms with Crippen molar-refractivity contribution in [2.45, 2.75) is 44.0 Å². The predicted molar refractivity (Wildman–Crippen MR) is 95.6 cm³/mol. The molecular weight excluding hydrogens is 336 g/mol. The van der Waals surface area contributed by atoms with Gasteiger partial charge in [0, 0.05) is 43.2 Å². The molecule has 0 aromatic carbocycles. The molecule has 132 valence electrons. The second-order valence-corrected chi connectivity index (χ2v) is 8.54. The van der Waals surface area contributed by atoms with E-state index in [-0.39, 0.29) is 5.56 Å². The molecule has 25 heavy (non-hydrogen) atoms. The zero-order valence-corrected chi connectivity index (χ0v) is 15.0. The maximum Gasteiger partial charge on any atom is 0.267 e. The lowest BCUT2D eigenvalue weighted by Gasteiger charge is -2.38. The number of thioether (sulfide) groups is 1. The van der Waals surface area contributed by atoms with Gasteiger partial charge in [0.1, 0.15) is 5.76 Å². The van der Waals surface area contributed by atoms with E-state index >= 15 is 0 Å². The summed E-state index contributed by atoms with van der Waals surface area (Å²) in [7, 11) is 0. The van der Waals surface area contributed by atoms with Crippen molar-refractivity contribution >= 4 is 11.8 Å². The summed E-state index contributed by atoms with van der Waals surface area (Å²) in [6, 6.07) is 1.79. The molecule has 1 saturated heterocycles. The molecule has 0 radical (unpaired) electrons. The van der Waals surface area contributed by atoms with Gasteiger partial charge in [-0.05, 0) is 24.2 Å². The average Bonchev–Trinajstić information content (AvgIpc) is 3.33. The first-order valence-corrected chi connectivity index (χ1v) is 10.2. The number of aromatic nitrogens is 3. The topological polar surface area (TPSA) is 64.2 Å². The number of aryl methyl sites for hydroxylation is 1. The SMILES string of the molecule is O=c1cc2c(nn1CC1CN(Cc3ncc(C4CC4)o3)C1)CCSC2. The van der Waals surface area contributed by atoms with Gasteiger partial charge >= 0.3 is 0 Å². The van der Waals surface area contributed by atoms with Crippen LogP contribution in [0, 0.1) is 5.92 Å². The Kier molecular flexibility index (Phi) is 3.93. The second kappa shape index (κ2) is 6.29. The third-order valence-electron chi connectivity index (χ3n) is 5.28. The smallest absolute Gasteiger partial charge is 0.267 e. The Morgan fingerprint density at radius 3 is 3.04 bits per heavy atom. The fourth-order valence-electron chi connectivity index (χ4n) is 3.69. The fraction of sp³-hybridized carbons (Fsp3) is 0.611. The zero-order chi connectivity index (χ0) is 16.8. The highest BCUT2D eigenvalue weighted by Crippen LogP contribution is 2.40. The monoisotopic (exact) mass is 358 g/mol. The molecule has 2 aliphatic heterocycles. The lowest BCUT2D eigenvalue weighted by Crippen LogP contribution is -2.49. The number of oxazole rings is 1. The van der Waals surface area contributed by atoms with Crippen molar-refractivity contribution in [3.63, 3.8) is 0 Å². The summed E-state index contributed by atoms with van der Waals surface area (Å²) in [5.74, 6) is 5.00. The Balaban J connectivity index is 1.17. The van der Waals surface area contributed by atoms with Gasteiger partial charge in [0.25, 0.3) is 5.56 Å². The predicted octanol–water partition coefficient (Wildman–Crippen LogP) is 2.03. The quantitative estimate of drug-likeness (QED) is 0.815. The maximum atomic E-state index is 12.3. The molecule has 4 heterocycles. The molecule has 3 aliphatic rings. The first-order valence-electron chi connectivity index (χ1n) is 9.09. The highest BCUT2D eigenvalue weighted by molar-refractivity contribution is 7.98. The van der Waals surface area contributed by atoms with Crippen molar-refractivity contribution in [2.24, 2.45) is 5.92 Å². The molecule has 6 nitrogen and oxygen atoms in total. The van der Waals surface area contributed by atoms with Crippen molar-refractivity contribution in [1.82, 2.24) is 19.7 Å². The molecule has 0 atom stereocenters. The van der Waals surface area contributed by atoms with Gasteiger partial charge < -0.3 is 4.42 Å². The van der Waals surface area contributed by atoms with Crippen LogP contribution in [0.2, 0.25) is 0 Å². The van der Waals surface area contributed by atoms with Crippen LogP contribution in [-0.4, -0.2) is 38.5 Å². The molecule has 0 N–H and O–H groups in total. The van der Waals surface area contributed by atoms with Crippen LogP contribution in [0.5, 0.6) is 0 Å². The van der Waals surface area contributed by atoms with E-state index in [2.05, 4.69) is 15.0 Å². The summed E-state index contributed by atoms with van der Waals surface area (Å²) in [5, 5.41) is 4.61. The van der Waals surface area contributed by atoms with E-state index in [1.807, 2.05) is 18.0 Å². The minimum Gasteiger partial charge on any atom is -0.444 e. The van der Waals surface area contributed by atoms with Gasteiger partial charge in [-0.1, -0.05) is 0 Å². The molecule has 2 aromatic rings. The Labute approximate surface area is 150 Å². The summed E-state index contributed by atoms with van der Waals surface area (Å²) in [6.45, 7) is 3.44. The summed E-state index contributed by atoms with van der Waals surface area (Å²) < 4.78 is 7.50. The largest absolute Gasteiger partial charge is 0.444 e. The summed E-state index contributed by atoms with van der Waals surface area (Å²) in [6.07, 6.45) is 5.34. The lowest BCUT2D eigenvalue weighted by atomic mass is 10.0. The Morgan fingerprint density at radius 2 is 2.20 bits per heavy atom. The van der Waals surface area contributed by atoms with Gasteiger partial charge in [-0.25, -0.2) is 9.67 Å². The molecule has 0 unspecified atom stereocenters. The molecule has 2 fully saturated rings. The third-order valence-corrected chi connectivity index (χ3v) is 6.29. The number of likely N-dealkylation sites (tertiary alicyclic amines) is 1. The number of hydrogen-bond acceptors (Lipinski definition) is 6. The van der Waals surface area contributed by atoms with E-state index < -0.39 is 0 Å². The van der Waals surface area contributed by atoms with E-state index in [1.165, 1.54) is 12.8 Å². The van der Waals surface area contributed by atoms with E-state index in [4.69, 9.17) is 4.42 Å². The fourth-order valence-corrected chi connectivity index (χ4v) is 4.65. The van der Waals surface area contributed by atoms with Crippen LogP contribution >= 0.6 is 11.8 Å². The van der Waals surface area contributed by atoms with E-state index in [0.717, 1.165) is 60.5 Å². The van der Waals surface area contributed by atoms with Crippen LogP contribution in [0.3, 0.4) is 0 Å². The van der Waals surface area contributed by atoms with Crippen molar-refractivity contribution in [2.75, 3.05) is 18.8 Å². The third kappa shape index (κ3) is 3.27. The maximum absolute atomic E-state index is 12.3. The first kappa shape index (κ1) is 15.6. The number of nitrogens with zero attached hydrogens (tertiary/aromatic N) is 4. The minimum absolute atomic E-state index is 0.0430. The zero-order valence-electron chi connectivity index (χ0n) is 14.2. The Hall–Kier alpha value is -1.60. The van der Waals surface area contributed by atoms with Gasteiger partial charge in [-0.2, -0.15) is 16.9 Å². The van der Waals surface area contributed by atoms with Gasteiger partial charge in [0.2, 0.25) is 5.89 Å². The van der Waals surface area contributed by atoms with Crippen LogP contribution in [0.1, 0.15) is 41.7 Å². The molecule has 7 heteroatoms. The van der Waals surface area contributed by atoms with Gasteiger partial charge in [-0.3, -0.25) is 9.69 Å². The molecule has 2 aromatic heterocycles. The summed E-state index contributed by atoms with van der Waals surface area (Å²) >= 11 is 1.88. The van der Waals surface area contributed by atoms with Gasteiger partial charge in [-0.15, -0.1) is 0 Å². The number of rotatable bonds is 5. The lowest BCUT2D eigenvalue weighted by molar-refractivity contribution is 0.0675. The molecule has 0 spiro atoms. The number of hydrogen-bond donors (Lipinski definition) is 0. The Bertz CT molecular complexity index is 836. The summed E-state index contributed by atoms with van der Waals surface area (Å²) in [5.41, 5.74) is 2.28. The standard InChI is InChI=1S/C18H22N4O2S/c23-18-5-14-11-25-4-3-15(14)20-22(18)9-12-7-21(8-12)10-17-19-6-16(24-17)13-1-2-13/h5-6,12-13H,1-4,7-11H2. The highest BCUT2D eigenvalue weighted by atomic mass is 32.2. The first-order chi connectivity index (χ1) is 12.2. The molecule has 1 saturated carbocycles. The van der Waals surface area contributed by atoms with Crippen LogP contribution < -0.4 is 5.56 Å². The second-order valence-electron chi connectivity index (χ2n) is 7.43. The highest BCUT2D eigenvalue weighted by Gasteiger charge is 2.31. The van der Waals surface area contributed by atoms with Crippen LogP contribution in [0.25, 0.3) is 0 Å². The van der Waals surface area contributed by atoms with Gasteiger partial charge in [0.15, 0.2) is 0 Å². The van der Waals surface area contributed by atoms with Crippen molar-refractivity contribution < 1.29 is 4.42 Å². The van der Waals surface area contributed by atoms with E-state index in [0.29, 0.717) is 18.4 Å². The van der Waals surface area contributed by atoms with Crippen molar-refractivity contribution in [3.05, 3.63) is 45.5 Å². The average molecular weight is 358 g/mol. The normalized spacial score (nSPS) is 21.1.